The molecule has 0 saturated heterocycles. The van der Waals surface area contributed by atoms with E-state index in [1.54, 1.807) is 13.2 Å². The van der Waals surface area contributed by atoms with Gasteiger partial charge in [-0.3, -0.25) is 4.98 Å². The van der Waals surface area contributed by atoms with Crippen molar-refractivity contribution in [1.82, 2.24) is 4.98 Å². The van der Waals surface area contributed by atoms with Gasteiger partial charge in [0.15, 0.2) is 0 Å². The maximum Gasteiger partial charge on any atom is 0.124 e. The van der Waals surface area contributed by atoms with Crippen LogP contribution < -0.4 is 10.5 Å². The van der Waals surface area contributed by atoms with Crippen molar-refractivity contribution in [2.75, 3.05) is 7.11 Å². The Morgan fingerprint density at radius 1 is 1.10 bits per heavy atom. The third kappa shape index (κ3) is 2.71. The van der Waals surface area contributed by atoms with Crippen LogP contribution in [-0.2, 0) is 0 Å². The van der Waals surface area contributed by atoms with E-state index in [9.17, 15) is 0 Å². The summed E-state index contributed by atoms with van der Waals surface area (Å²) in [5.74, 6) is 0.710. The fourth-order valence-corrected chi connectivity index (χ4v) is 2.54. The standard InChI is InChI=1S/C17H15ClN2O/c1-21-16-9-7-12(18)10-13(16)17(19)15-8-6-11-4-2-3-5-14(11)20-15/h2-10,17H,19H2,1H3. The molecule has 1 heterocycles. The van der Waals surface area contributed by atoms with E-state index < -0.39 is 0 Å². The molecular formula is C17H15ClN2O. The molecule has 1 unspecified atom stereocenters. The molecule has 0 fully saturated rings. The molecule has 1 aromatic heterocycles. The van der Waals surface area contributed by atoms with Crippen molar-refractivity contribution in [3.63, 3.8) is 0 Å². The van der Waals surface area contributed by atoms with Gasteiger partial charge in [0.25, 0.3) is 0 Å². The van der Waals surface area contributed by atoms with Crippen molar-refractivity contribution in [3.05, 3.63) is 70.9 Å². The molecule has 0 aliphatic carbocycles. The van der Waals surface area contributed by atoms with Gasteiger partial charge in [-0.1, -0.05) is 35.9 Å². The minimum absolute atomic E-state index is 0.386. The number of hydrogen-bond acceptors (Lipinski definition) is 3. The lowest BCUT2D eigenvalue weighted by Gasteiger charge is -2.16. The molecule has 0 saturated carbocycles. The van der Waals surface area contributed by atoms with Crippen LogP contribution in [0.2, 0.25) is 5.02 Å². The minimum Gasteiger partial charge on any atom is -0.496 e. The van der Waals surface area contributed by atoms with Gasteiger partial charge in [0.05, 0.1) is 24.4 Å². The van der Waals surface area contributed by atoms with Gasteiger partial charge in [0, 0.05) is 16.0 Å². The maximum absolute atomic E-state index is 6.35. The first-order valence-corrected chi connectivity index (χ1v) is 7.01. The molecule has 4 heteroatoms. The van der Waals surface area contributed by atoms with Crippen LogP contribution in [0.4, 0.5) is 0 Å². The van der Waals surface area contributed by atoms with Gasteiger partial charge in [0.1, 0.15) is 5.75 Å². The zero-order valence-electron chi connectivity index (χ0n) is 11.6. The predicted octanol–water partition coefficient (Wildman–Crippen LogP) is 3.94. The third-order valence-corrected chi connectivity index (χ3v) is 3.70. The van der Waals surface area contributed by atoms with Crippen LogP contribution in [0.25, 0.3) is 10.9 Å². The lowest BCUT2D eigenvalue weighted by atomic mass is 10.0. The average molecular weight is 299 g/mol. The summed E-state index contributed by atoms with van der Waals surface area (Å²) in [5, 5.41) is 1.72. The van der Waals surface area contributed by atoms with E-state index >= 15 is 0 Å². The summed E-state index contributed by atoms with van der Waals surface area (Å²) in [6.07, 6.45) is 0. The third-order valence-electron chi connectivity index (χ3n) is 3.47. The number of para-hydroxylation sites is 1. The molecule has 3 nitrogen and oxygen atoms in total. The molecule has 0 aliphatic heterocycles. The van der Waals surface area contributed by atoms with Crippen LogP contribution >= 0.6 is 11.6 Å². The second-order valence-electron chi connectivity index (χ2n) is 4.79. The molecule has 1 atom stereocenters. The number of benzene rings is 2. The summed E-state index contributed by atoms with van der Waals surface area (Å²) in [4.78, 5) is 4.63. The summed E-state index contributed by atoms with van der Waals surface area (Å²) in [6, 6.07) is 16.9. The van der Waals surface area contributed by atoms with Crippen molar-refractivity contribution in [3.8, 4) is 5.75 Å². The van der Waals surface area contributed by atoms with Crippen LogP contribution in [0.1, 0.15) is 17.3 Å². The van der Waals surface area contributed by atoms with Crippen molar-refractivity contribution < 1.29 is 4.74 Å². The monoisotopic (exact) mass is 298 g/mol. The number of halogens is 1. The number of fused-ring (bicyclic) bond motifs is 1. The molecular weight excluding hydrogens is 284 g/mol. The molecule has 106 valence electrons. The van der Waals surface area contributed by atoms with Gasteiger partial charge in [-0.15, -0.1) is 0 Å². The molecule has 3 rings (SSSR count). The normalized spacial score (nSPS) is 12.3. The number of methoxy groups -OCH3 is 1. The van der Waals surface area contributed by atoms with Crippen LogP contribution in [0, 0.1) is 0 Å². The van der Waals surface area contributed by atoms with E-state index in [4.69, 9.17) is 22.1 Å². The molecule has 0 aliphatic rings. The molecule has 0 radical (unpaired) electrons. The highest BCUT2D eigenvalue weighted by atomic mass is 35.5. The topological polar surface area (TPSA) is 48.1 Å². The first-order valence-electron chi connectivity index (χ1n) is 6.64. The SMILES string of the molecule is COc1ccc(Cl)cc1C(N)c1ccc2ccccc2n1. The first kappa shape index (κ1) is 13.9. The quantitative estimate of drug-likeness (QED) is 0.796. The second kappa shape index (κ2) is 5.72. The van der Waals surface area contributed by atoms with Gasteiger partial charge >= 0.3 is 0 Å². The fourth-order valence-electron chi connectivity index (χ4n) is 2.36. The predicted molar refractivity (Wildman–Crippen MR) is 85.8 cm³/mol. The van der Waals surface area contributed by atoms with E-state index in [1.807, 2.05) is 48.5 Å². The molecule has 3 aromatic rings. The Hall–Kier alpha value is -2.10. The molecule has 0 bridgehead atoms. The highest BCUT2D eigenvalue weighted by Gasteiger charge is 2.16. The average Bonchev–Trinajstić information content (AvgIpc) is 2.53. The molecule has 0 amide bonds. The number of nitrogens with zero attached hydrogens (tertiary/aromatic N) is 1. The number of rotatable bonds is 3. The molecule has 0 spiro atoms. The molecule has 21 heavy (non-hydrogen) atoms. The van der Waals surface area contributed by atoms with Crippen molar-refractivity contribution >= 4 is 22.5 Å². The van der Waals surface area contributed by atoms with Crippen molar-refractivity contribution in [2.24, 2.45) is 5.73 Å². The van der Waals surface area contributed by atoms with Crippen molar-refractivity contribution in [2.45, 2.75) is 6.04 Å². The second-order valence-corrected chi connectivity index (χ2v) is 5.23. The van der Waals surface area contributed by atoms with Gasteiger partial charge in [-0.25, -0.2) is 0 Å². The lowest BCUT2D eigenvalue weighted by molar-refractivity contribution is 0.407. The summed E-state index contributed by atoms with van der Waals surface area (Å²) in [6.45, 7) is 0. The van der Waals surface area contributed by atoms with E-state index in [0.29, 0.717) is 10.8 Å². The van der Waals surface area contributed by atoms with Crippen LogP contribution in [0.3, 0.4) is 0 Å². The van der Waals surface area contributed by atoms with Crippen LogP contribution in [0.15, 0.2) is 54.6 Å². The summed E-state index contributed by atoms with van der Waals surface area (Å²) >= 11 is 6.07. The molecule has 2 aromatic carbocycles. The number of aromatic nitrogens is 1. The highest BCUT2D eigenvalue weighted by Crippen LogP contribution is 2.30. The van der Waals surface area contributed by atoms with E-state index in [2.05, 4.69) is 4.98 Å². The van der Waals surface area contributed by atoms with Crippen molar-refractivity contribution in [1.29, 1.82) is 0 Å². The zero-order chi connectivity index (χ0) is 14.8. The Morgan fingerprint density at radius 2 is 1.90 bits per heavy atom. The number of nitrogens with two attached hydrogens (primary N) is 1. The highest BCUT2D eigenvalue weighted by molar-refractivity contribution is 6.30. The Morgan fingerprint density at radius 3 is 2.71 bits per heavy atom. The number of pyridine rings is 1. The Kier molecular flexibility index (Phi) is 3.78. The lowest BCUT2D eigenvalue weighted by Crippen LogP contribution is -2.14. The van der Waals surface area contributed by atoms with E-state index in [-0.39, 0.29) is 6.04 Å². The Bertz CT molecular complexity index is 789. The number of ether oxygens (including phenoxy) is 1. The first-order chi connectivity index (χ1) is 10.2. The van der Waals surface area contributed by atoms with Gasteiger partial charge in [-0.05, 0) is 30.3 Å². The molecule has 2 N–H and O–H groups in total. The van der Waals surface area contributed by atoms with Crippen LogP contribution in [0.5, 0.6) is 5.75 Å². The van der Waals surface area contributed by atoms with Crippen LogP contribution in [-0.4, -0.2) is 12.1 Å². The smallest absolute Gasteiger partial charge is 0.124 e. The summed E-state index contributed by atoms with van der Waals surface area (Å²) in [5.41, 5.74) is 8.89. The number of hydrogen-bond donors (Lipinski definition) is 1. The zero-order valence-corrected chi connectivity index (χ0v) is 12.3. The van der Waals surface area contributed by atoms with Gasteiger partial charge in [0.2, 0.25) is 0 Å². The minimum atomic E-state index is -0.386. The Labute approximate surface area is 128 Å². The fraction of sp³-hybridized carbons (Fsp3) is 0.118. The van der Waals surface area contributed by atoms with Gasteiger partial charge < -0.3 is 10.5 Å². The van der Waals surface area contributed by atoms with Gasteiger partial charge in [-0.2, -0.15) is 0 Å². The largest absolute Gasteiger partial charge is 0.496 e. The Balaban J connectivity index is 2.07. The summed E-state index contributed by atoms with van der Waals surface area (Å²) < 4.78 is 5.36. The van der Waals surface area contributed by atoms with E-state index in [1.165, 1.54) is 0 Å². The maximum atomic E-state index is 6.35. The van der Waals surface area contributed by atoms with E-state index in [0.717, 1.165) is 22.2 Å². The summed E-state index contributed by atoms with van der Waals surface area (Å²) in [7, 11) is 1.62.